The molecule has 35 heavy (non-hydrogen) atoms. The van der Waals surface area contributed by atoms with Crippen molar-refractivity contribution in [2.45, 2.75) is 65.3 Å². The monoisotopic (exact) mass is 491 g/mol. The van der Waals surface area contributed by atoms with Crippen molar-refractivity contribution in [3.05, 3.63) is 59.2 Å². The molecule has 1 fully saturated rings. The summed E-state index contributed by atoms with van der Waals surface area (Å²) in [6, 6.07) is 13.4. The molecule has 184 valence electrons. The van der Waals surface area contributed by atoms with Crippen LogP contribution < -0.4 is 10.6 Å². The van der Waals surface area contributed by atoms with Gasteiger partial charge in [-0.3, -0.25) is 10.1 Å². The topological polar surface area (TPSA) is 87.2 Å². The van der Waals surface area contributed by atoms with Crippen molar-refractivity contribution >= 4 is 34.1 Å². The van der Waals surface area contributed by atoms with Crippen molar-refractivity contribution < 1.29 is 9.59 Å². The lowest BCUT2D eigenvalue weighted by Crippen LogP contribution is -2.45. The van der Waals surface area contributed by atoms with Crippen LogP contribution in [0.15, 0.2) is 42.5 Å². The Morgan fingerprint density at radius 3 is 2.26 bits per heavy atom. The number of aryl methyl sites for hydroxylation is 1. The minimum Gasteiger partial charge on any atom is -0.312 e. The molecule has 7 nitrogen and oxygen atoms in total. The van der Waals surface area contributed by atoms with E-state index < -0.39 is 6.04 Å². The first-order valence-corrected chi connectivity index (χ1v) is 13.0. The number of rotatable bonds is 6. The highest BCUT2D eigenvalue weighted by Gasteiger charge is 2.35. The maximum Gasteiger partial charge on any atom is 0.322 e. The van der Waals surface area contributed by atoms with E-state index in [0.29, 0.717) is 18.1 Å². The molecule has 2 heterocycles. The summed E-state index contributed by atoms with van der Waals surface area (Å²) in [5, 5.41) is 15.6. The normalized spacial score (nSPS) is 15.6. The van der Waals surface area contributed by atoms with Crippen LogP contribution in [0.1, 0.15) is 69.1 Å². The number of nitrogens with zero attached hydrogens (tertiary/aromatic N) is 3. The summed E-state index contributed by atoms with van der Waals surface area (Å²) < 4.78 is 0. The SMILES string of the molecule is Cc1ccc(-c2nnc(NC(=O)C3CCCN3C(=O)Nc3c(C(C)C)cccc3C(C)C)s2)cc1. The molecule has 4 rings (SSSR count). The van der Waals surface area contributed by atoms with E-state index in [2.05, 4.69) is 60.7 Å². The van der Waals surface area contributed by atoms with Gasteiger partial charge in [0.05, 0.1) is 0 Å². The maximum atomic E-state index is 13.4. The van der Waals surface area contributed by atoms with Gasteiger partial charge in [0.1, 0.15) is 11.0 Å². The fourth-order valence-corrected chi connectivity index (χ4v) is 5.18. The molecule has 0 aliphatic carbocycles. The lowest BCUT2D eigenvalue weighted by atomic mass is 9.93. The molecule has 1 atom stereocenters. The summed E-state index contributed by atoms with van der Waals surface area (Å²) in [7, 11) is 0. The van der Waals surface area contributed by atoms with E-state index in [1.54, 1.807) is 4.90 Å². The van der Waals surface area contributed by atoms with Crippen LogP contribution in [0, 0.1) is 6.92 Å². The summed E-state index contributed by atoms with van der Waals surface area (Å²) in [6.45, 7) is 11.0. The summed E-state index contributed by atoms with van der Waals surface area (Å²) >= 11 is 1.33. The molecule has 0 saturated carbocycles. The van der Waals surface area contributed by atoms with E-state index in [1.807, 2.05) is 37.3 Å². The number of para-hydroxylation sites is 1. The number of carbonyl (C=O) groups excluding carboxylic acids is 2. The van der Waals surface area contributed by atoms with Crippen molar-refractivity contribution in [2.75, 3.05) is 17.2 Å². The third kappa shape index (κ3) is 5.53. The van der Waals surface area contributed by atoms with Gasteiger partial charge in [0, 0.05) is 17.8 Å². The van der Waals surface area contributed by atoms with E-state index in [-0.39, 0.29) is 23.8 Å². The van der Waals surface area contributed by atoms with E-state index in [4.69, 9.17) is 0 Å². The lowest BCUT2D eigenvalue weighted by Gasteiger charge is -2.26. The molecule has 1 saturated heterocycles. The molecule has 1 unspecified atom stereocenters. The number of carbonyl (C=O) groups is 2. The van der Waals surface area contributed by atoms with Gasteiger partial charge in [-0.1, -0.05) is 87.1 Å². The number of anilines is 2. The Morgan fingerprint density at radius 2 is 1.63 bits per heavy atom. The number of nitrogens with one attached hydrogen (secondary N) is 2. The Balaban J connectivity index is 1.48. The predicted octanol–water partition coefficient (Wildman–Crippen LogP) is 6.40. The highest BCUT2D eigenvalue weighted by molar-refractivity contribution is 7.18. The quantitative estimate of drug-likeness (QED) is 0.418. The van der Waals surface area contributed by atoms with E-state index in [1.165, 1.54) is 16.9 Å². The lowest BCUT2D eigenvalue weighted by molar-refractivity contribution is -0.119. The smallest absolute Gasteiger partial charge is 0.312 e. The number of amides is 3. The zero-order valence-corrected chi connectivity index (χ0v) is 21.8. The van der Waals surface area contributed by atoms with Crippen LogP contribution >= 0.6 is 11.3 Å². The van der Waals surface area contributed by atoms with Gasteiger partial charge in [-0.2, -0.15) is 0 Å². The highest BCUT2D eigenvalue weighted by Crippen LogP contribution is 2.33. The van der Waals surface area contributed by atoms with Crippen LogP contribution in [0.4, 0.5) is 15.6 Å². The average Bonchev–Trinajstić information content (AvgIpc) is 3.49. The fourth-order valence-electron chi connectivity index (χ4n) is 4.43. The Hall–Kier alpha value is -3.26. The molecule has 1 aromatic heterocycles. The predicted molar refractivity (Wildman–Crippen MR) is 142 cm³/mol. The van der Waals surface area contributed by atoms with Crippen LogP contribution in [0.2, 0.25) is 0 Å². The molecule has 0 radical (unpaired) electrons. The molecule has 0 spiro atoms. The van der Waals surface area contributed by atoms with Crippen molar-refractivity contribution in [3.8, 4) is 10.6 Å². The number of urea groups is 1. The van der Waals surface area contributed by atoms with Crippen LogP contribution in [0.5, 0.6) is 0 Å². The average molecular weight is 492 g/mol. The molecule has 1 aliphatic rings. The molecular formula is C27H33N5O2S. The summed E-state index contributed by atoms with van der Waals surface area (Å²) in [4.78, 5) is 28.1. The molecule has 8 heteroatoms. The molecule has 3 amide bonds. The van der Waals surface area contributed by atoms with Crippen LogP contribution in [0.3, 0.4) is 0 Å². The molecular weight excluding hydrogens is 458 g/mol. The van der Waals surface area contributed by atoms with Crippen molar-refractivity contribution in [1.82, 2.24) is 15.1 Å². The number of benzene rings is 2. The largest absolute Gasteiger partial charge is 0.322 e. The van der Waals surface area contributed by atoms with Gasteiger partial charge >= 0.3 is 6.03 Å². The minimum atomic E-state index is -0.546. The second kappa shape index (κ2) is 10.6. The minimum absolute atomic E-state index is 0.231. The molecule has 2 N–H and O–H groups in total. The standard InChI is InChI=1S/C27H33N5O2S/c1-16(2)20-8-6-9-21(17(3)4)23(20)28-27(34)32-15-7-10-22(32)24(33)29-26-31-30-25(35-26)19-13-11-18(5)12-14-19/h6,8-9,11-14,16-17,22H,7,10,15H2,1-5H3,(H,28,34)(H,29,31,33). The van der Waals surface area contributed by atoms with Crippen LogP contribution in [-0.2, 0) is 4.79 Å². The maximum absolute atomic E-state index is 13.4. The number of hydrogen-bond acceptors (Lipinski definition) is 5. The van der Waals surface area contributed by atoms with Gasteiger partial charge in [-0.05, 0) is 42.7 Å². The number of aromatic nitrogens is 2. The summed E-state index contributed by atoms with van der Waals surface area (Å²) in [5.74, 6) is 0.300. The van der Waals surface area contributed by atoms with E-state index in [0.717, 1.165) is 33.8 Å². The van der Waals surface area contributed by atoms with Gasteiger partial charge in [-0.25, -0.2) is 4.79 Å². The summed E-state index contributed by atoms with van der Waals surface area (Å²) in [5.41, 5.74) is 5.19. The van der Waals surface area contributed by atoms with Crippen LogP contribution in [-0.4, -0.2) is 39.6 Å². The first-order chi connectivity index (χ1) is 16.7. The Bertz CT molecular complexity index is 1180. The van der Waals surface area contributed by atoms with Crippen molar-refractivity contribution in [3.63, 3.8) is 0 Å². The zero-order valence-electron chi connectivity index (χ0n) is 21.0. The second-order valence-electron chi connectivity index (χ2n) is 9.67. The third-order valence-corrected chi connectivity index (χ3v) is 7.26. The van der Waals surface area contributed by atoms with Crippen LogP contribution in [0.25, 0.3) is 10.6 Å². The Morgan fingerprint density at radius 1 is 0.971 bits per heavy atom. The van der Waals surface area contributed by atoms with E-state index in [9.17, 15) is 9.59 Å². The molecule has 1 aliphatic heterocycles. The third-order valence-electron chi connectivity index (χ3n) is 6.37. The van der Waals surface area contributed by atoms with Gasteiger partial charge < -0.3 is 10.2 Å². The number of likely N-dealkylation sites (tertiary alicyclic amines) is 1. The van der Waals surface area contributed by atoms with Gasteiger partial charge in [0.2, 0.25) is 11.0 Å². The summed E-state index contributed by atoms with van der Waals surface area (Å²) in [6.07, 6.45) is 1.39. The Kier molecular flexibility index (Phi) is 7.50. The molecule has 0 bridgehead atoms. The van der Waals surface area contributed by atoms with Crippen molar-refractivity contribution in [2.24, 2.45) is 0 Å². The van der Waals surface area contributed by atoms with Gasteiger partial charge in [0.25, 0.3) is 0 Å². The Labute approximate surface area is 211 Å². The molecule has 2 aromatic carbocycles. The van der Waals surface area contributed by atoms with Gasteiger partial charge in [0.15, 0.2) is 0 Å². The first kappa shape index (κ1) is 24.9. The van der Waals surface area contributed by atoms with E-state index >= 15 is 0 Å². The van der Waals surface area contributed by atoms with Gasteiger partial charge in [-0.15, -0.1) is 10.2 Å². The molecule has 3 aromatic rings. The highest BCUT2D eigenvalue weighted by atomic mass is 32.1. The first-order valence-electron chi connectivity index (χ1n) is 12.2. The number of hydrogen-bond donors (Lipinski definition) is 2. The fraction of sp³-hybridized carbons (Fsp3) is 0.407. The second-order valence-corrected chi connectivity index (χ2v) is 10.6. The zero-order chi connectivity index (χ0) is 25.1. The van der Waals surface area contributed by atoms with Crippen molar-refractivity contribution in [1.29, 1.82) is 0 Å².